The second-order valence-corrected chi connectivity index (χ2v) is 9.15. The van der Waals surface area contributed by atoms with Crippen molar-refractivity contribution in [1.29, 1.82) is 5.26 Å². The highest BCUT2D eigenvalue weighted by atomic mass is 19.1. The Balaban J connectivity index is 1.32. The molecule has 0 amide bonds. The smallest absolute Gasteiger partial charge is 0.166 e. The van der Waals surface area contributed by atoms with E-state index in [9.17, 15) is 14.4 Å². The van der Waals surface area contributed by atoms with Crippen molar-refractivity contribution in [2.24, 2.45) is 5.92 Å². The van der Waals surface area contributed by atoms with Crippen molar-refractivity contribution in [1.82, 2.24) is 4.90 Å². The molecule has 0 radical (unpaired) electrons. The number of ketones is 1. The third-order valence-electron chi connectivity index (χ3n) is 7.33. The van der Waals surface area contributed by atoms with Gasteiger partial charge >= 0.3 is 0 Å². The zero-order valence-corrected chi connectivity index (χ0v) is 19.4. The molecule has 33 heavy (non-hydrogen) atoms. The van der Waals surface area contributed by atoms with Gasteiger partial charge in [-0.3, -0.25) is 4.79 Å². The first-order valence-electron chi connectivity index (χ1n) is 11.7. The number of carbonyl (C=O) groups excluding carboxylic acids is 1. The first-order valence-corrected chi connectivity index (χ1v) is 11.7. The summed E-state index contributed by atoms with van der Waals surface area (Å²) in [6.07, 6.45) is 5.07. The molecule has 0 spiro atoms. The van der Waals surface area contributed by atoms with Crippen LogP contribution in [-0.4, -0.2) is 44.5 Å². The minimum Gasteiger partial charge on any atom is -0.493 e. The van der Waals surface area contributed by atoms with Crippen LogP contribution in [-0.2, 0) is 11.8 Å². The number of ether oxygens (including phenoxy) is 2. The predicted octanol–water partition coefficient (Wildman–Crippen LogP) is 4.93. The molecule has 0 aromatic heterocycles. The minimum absolute atomic E-state index is 0.00122. The topological polar surface area (TPSA) is 62.6 Å². The molecule has 4 rings (SSSR count). The number of benzene rings is 2. The lowest BCUT2D eigenvalue weighted by atomic mass is 9.79. The minimum atomic E-state index is -0.480. The summed E-state index contributed by atoms with van der Waals surface area (Å²) >= 11 is 0. The maximum atomic E-state index is 13.1. The summed E-state index contributed by atoms with van der Waals surface area (Å²) in [4.78, 5) is 15.1. The Hall–Kier alpha value is -2.91. The van der Waals surface area contributed by atoms with Crippen LogP contribution < -0.4 is 9.47 Å². The van der Waals surface area contributed by atoms with Crippen LogP contribution in [0.2, 0.25) is 0 Å². The number of methoxy groups -OCH3 is 2. The van der Waals surface area contributed by atoms with Crippen LogP contribution in [0.25, 0.3) is 0 Å². The van der Waals surface area contributed by atoms with Gasteiger partial charge < -0.3 is 14.4 Å². The van der Waals surface area contributed by atoms with Crippen molar-refractivity contribution < 1.29 is 18.7 Å². The number of nitrogens with zero attached hydrogens (tertiary/aromatic N) is 2. The van der Waals surface area contributed by atoms with Gasteiger partial charge in [-0.15, -0.1) is 0 Å². The van der Waals surface area contributed by atoms with Crippen molar-refractivity contribution >= 4 is 5.78 Å². The van der Waals surface area contributed by atoms with Gasteiger partial charge in [-0.1, -0.05) is 0 Å². The summed E-state index contributed by atoms with van der Waals surface area (Å²) < 4.78 is 24.0. The van der Waals surface area contributed by atoms with E-state index in [4.69, 9.17) is 9.47 Å². The van der Waals surface area contributed by atoms with E-state index >= 15 is 0 Å². The molecular weight excluding hydrogens is 419 g/mol. The van der Waals surface area contributed by atoms with Crippen LogP contribution in [0.4, 0.5) is 4.39 Å². The largest absolute Gasteiger partial charge is 0.493 e. The SMILES string of the molecule is COc1cc2c(cc1OC)C(C#N)(CCCN1CCC(C(=O)c3ccc(F)cc3)CC1)CC2. The van der Waals surface area contributed by atoms with E-state index < -0.39 is 5.41 Å². The highest BCUT2D eigenvalue weighted by molar-refractivity contribution is 5.97. The molecule has 0 N–H and O–H groups in total. The number of Topliss-reactive ketones (excluding diaryl/α,β-unsaturated/α-hetero) is 1. The van der Waals surface area contributed by atoms with Crippen molar-refractivity contribution in [2.45, 2.75) is 43.9 Å². The molecule has 1 atom stereocenters. The highest BCUT2D eigenvalue weighted by Gasteiger charge is 2.40. The first kappa shape index (κ1) is 23.3. The standard InChI is InChI=1S/C27H31FN2O3/c1-32-24-16-21-8-12-27(18-29,23(21)17-25(24)33-2)11-3-13-30-14-9-20(10-15-30)26(31)19-4-6-22(28)7-5-19/h4-7,16-17,20H,3,8-15H2,1-2H3. The Morgan fingerprint density at radius 1 is 1.15 bits per heavy atom. The molecule has 0 bridgehead atoms. The summed E-state index contributed by atoms with van der Waals surface area (Å²) in [5.41, 5.74) is 2.37. The Labute approximate surface area is 195 Å². The molecule has 1 fully saturated rings. The summed E-state index contributed by atoms with van der Waals surface area (Å²) in [5.74, 6) is 1.18. The van der Waals surface area contributed by atoms with Gasteiger partial charge in [-0.05, 0) is 106 Å². The third kappa shape index (κ3) is 4.74. The van der Waals surface area contributed by atoms with Crippen LogP contribution in [0.5, 0.6) is 11.5 Å². The first-order chi connectivity index (χ1) is 16.0. The molecule has 2 aliphatic rings. The van der Waals surface area contributed by atoms with Gasteiger partial charge in [0.2, 0.25) is 0 Å². The Morgan fingerprint density at radius 3 is 2.45 bits per heavy atom. The fourth-order valence-corrected chi connectivity index (χ4v) is 5.36. The maximum absolute atomic E-state index is 13.1. The van der Waals surface area contributed by atoms with Crippen LogP contribution >= 0.6 is 0 Å². The summed E-state index contributed by atoms with van der Waals surface area (Å²) in [6.45, 7) is 2.67. The zero-order valence-electron chi connectivity index (χ0n) is 19.4. The van der Waals surface area contributed by atoms with Gasteiger partial charge in [-0.25, -0.2) is 4.39 Å². The quantitative estimate of drug-likeness (QED) is 0.534. The van der Waals surface area contributed by atoms with Gasteiger partial charge in [-0.2, -0.15) is 5.26 Å². The van der Waals surface area contributed by atoms with Gasteiger partial charge in [0.1, 0.15) is 5.82 Å². The van der Waals surface area contributed by atoms with Crippen molar-refractivity contribution in [3.8, 4) is 17.6 Å². The number of hydrogen-bond donors (Lipinski definition) is 0. The number of aryl methyl sites for hydroxylation is 1. The van der Waals surface area contributed by atoms with Gasteiger partial charge in [0.15, 0.2) is 17.3 Å². The number of carbonyl (C=O) groups is 1. The molecule has 2 aromatic rings. The molecule has 6 heteroatoms. The molecule has 1 aliphatic heterocycles. The number of nitriles is 1. The normalized spacial score (nSPS) is 20.8. The lowest BCUT2D eigenvalue weighted by Gasteiger charge is -2.32. The maximum Gasteiger partial charge on any atom is 0.166 e. The van der Waals surface area contributed by atoms with Crippen molar-refractivity contribution in [2.75, 3.05) is 33.9 Å². The number of rotatable bonds is 8. The predicted molar refractivity (Wildman–Crippen MR) is 124 cm³/mol. The zero-order chi connectivity index (χ0) is 23.4. The molecule has 1 aliphatic carbocycles. The Morgan fingerprint density at radius 2 is 1.82 bits per heavy atom. The molecule has 0 saturated carbocycles. The van der Waals surface area contributed by atoms with E-state index in [0.29, 0.717) is 17.1 Å². The lowest BCUT2D eigenvalue weighted by Crippen LogP contribution is -2.37. The number of halogens is 1. The second-order valence-electron chi connectivity index (χ2n) is 9.15. The fraction of sp³-hybridized carbons (Fsp3) is 0.481. The Kier molecular flexibility index (Phi) is 6.99. The highest BCUT2D eigenvalue weighted by Crippen LogP contribution is 2.46. The van der Waals surface area contributed by atoms with Gasteiger partial charge in [0, 0.05) is 11.5 Å². The average Bonchev–Trinajstić information content (AvgIpc) is 3.21. The molecular formula is C27H31FN2O3. The van der Waals surface area contributed by atoms with Crippen LogP contribution in [0, 0.1) is 23.1 Å². The molecule has 2 aromatic carbocycles. The van der Waals surface area contributed by atoms with Crippen molar-refractivity contribution in [3.63, 3.8) is 0 Å². The summed E-state index contributed by atoms with van der Waals surface area (Å²) in [6, 6.07) is 12.5. The van der Waals surface area contributed by atoms with E-state index in [1.165, 1.54) is 17.7 Å². The lowest BCUT2D eigenvalue weighted by molar-refractivity contribution is 0.0838. The van der Waals surface area contributed by atoms with Gasteiger partial charge in [0.05, 0.1) is 25.7 Å². The molecule has 1 unspecified atom stereocenters. The molecule has 5 nitrogen and oxygen atoms in total. The van der Waals surface area contributed by atoms with Crippen LogP contribution in [0.3, 0.4) is 0 Å². The number of piperidine rings is 1. The fourth-order valence-electron chi connectivity index (χ4n) is 5.36. The average molecular weight is 451 g/mol. The van der Waals surface area contributed by atoms with E-state index in [0.717, 1.165) is 63.7 Å². The molecule has 174 valence electrons. The van der Waals surface area contributed by atoms with Crippen molar-refractivity contribution in [3.05, 3.63) is 58.9 Å². The van der Waals surface area contributed by atoms with Crippen LogP contribution in [0.15, 0.2) is 36.4 Å². The second kappa shape index (κ2) is 9.93. The number of likely N-dealkylation sites (tertiary alicyclic amines) is 1. The molecule has 1 heterocycles. The van der Waals surface area contributed by atoms with E-state index in [-0.39, 0.29) is 17.5 Å². The van der Waals surface area contributed by atoms with Crippen LogP contribution in [0.1, 0.15) is 53.6 Å². The van der Waals surface area contributed by atoms with E-state index in [1.807, 2.05) is 12.1 Å². The summed E-state index contributed by atoms with van der Waals surface area (Å²) in [7, 11) is 3.25. The van der Waals surface area contributed by atoms with E-state index in [2.05, 4.69) is 11.0 Å². The number of hydrogen-bond acceptors (Lipinski definition) is 5. The Bertz CT molecular complexity index is 1040. The van der Waals surface area contributed by atoms with Gasteiger partial charge in [0.25, 0.3) is 0 Å². The molecule has 1 saturated heterocycles. The monoisotopic (exact) mass is 450 g/mol. The third-order valence-corrected chi connectivity index (χ3v) is 7.33. The van der Waals surface area contributed by atoms with E-state index in [1.54, 1.807) is 26.4 Å². The summed E-state index contributed by atoms with van der Waals surface area (Å²) in [5, 5.41) is 10.1. The number of fused-ring (bicyclic) bond motifs is 1.